The summed E-state index contributed by atoms with van der Waals surface area (Å²) in [4.78, 5) is 50.9. The predicted molar refractivity (Wildman–Crippen MR) is 173 cm³/mol. The van der Waals surface area contributed by atoms with Crippen molar-refractivity contribution in [2.45, 2.75) is 24.4 Å². The second-order valence-electron chi connectivity index (χ2n) is 11.1. The van der Waals surface area contributed by atoms with Crippen molar-refractivity contribution in [3.63, 3.8) is 0 Å². The molecule has 258 valence electrons. The quantitative estimate of drug-likeness (QED) is 0.159. The molecule has 2 aliphatic heterocycles. The van der Waals surface area contributed by atoms with Gasteiger partial charge in [0.25, 0.3) is 0 Å². The molecule has 0 saturated carbocycles. The van der Waals surface area contributed by atoms with Gasteiger partial charge >= 0.3 is 23.9 Å². The lowest BCUT2D eigenvalue weighted by molar-refractivity contribution is -0.0287. The normalized spacial score (nSPS) is 19.1. The number of fused-ring (bicyclic) bond motifs is 1. The molecule has 13 nitrogen and oxygen atoms in total. The van der Waals surface area contributed by atoms with E-state index in [1.54, 1.807) is 36.4 Å². The number of carbonyl (C=O) groups is 4. The lowest BCUT2D eigenvalue weighted by Crippen LogP contribution is -2.36. The zero-order valence-corrected chi connectivity index (χ0v) is 27.2. The molecule has 0 unspecified atom stereocenters. The molecule has 50 heavy (non-hydrogen) atoms. The van der Waals surface area contributed by atoms with E-state index in [0.717, 1.165) is 0 Å². The van der Waals surface area contributed by atoms with E-state index in [1.807, 2.05) is 0 Å². The smallest absolute Gasteiger partial charge is 0.343 e. The number of methoxy groups -OCH3 is 3. The largest absolute Gasteiger partial charge is 0.497 e. The van der Waals surface area contributed by atoms with Crippen LogP contribution in [0.3, 0.4) is 0 Å². The zero-order chi connectivity index (χ0) is 35.2. The molecular weight excluding hydrogens is 652 g/mol. The maximum atomic E-state index is 12.9. The van der Waals surface area contributed by atoms with E-state index in [0.29, 0.717) is 22.8 Å². The number of hydrogen-bond acceptors (Lipinski definition) is 13. The predicted octanol–water partition coefficient (Wildman–Crippen LogP) is 4.70. The molecule has 0 N–H and O–H groups in total. The average molecular weight is 685 g/mol. The first-order valence-electron chi connectivity index (χ1n) is 15.4. The van der Waals surface area contributed by atoms with E-state index in [1.165, 1.54) is 75.9 Å². The third kappa shape index (κ3) is 7.53. The average Bonchev–Trinajstić information content (AvgIpc) is 3.74. The van der Waals surface area contributed by atoms with Crippen molar-refractivity contribution in [1.82, 2.24) is 0 Å². The van der Waals surface area contributed by atoms with E-state index >= 15 is 0 Å². The highest BCUT2D eigenvalue weighted by atomic mass is 16.7. The summed E-state index contributed by atoms with van der Waals surface area (Å²) < 4.78 is 49.3. The van der Waals surface area contributed by atoms with Crippen molar-refractivity contribution in [2.75, 3.05) is 34.5 Å². The summed E-state index contributed by atoms with van der Waals surface area (Å²) in [7, 11) is 4.49. The van der Waals surface area contributed by atoms with Crippen LogP contribution in [0.4, 0.5) is 0 Å². The molecule has 0 spiro atoms. The van der Waals surface area contributed by atoms with Gasteiger partial charge in [-0.05, 0) is 91.0 Å². The van der Waals surface area contributed by atoms with Crippen molar-refractivity contribution >= 4 is 23.9 Å². The molecule has 4 atom stereocenters. The third-order valence-electron chi connectivity index (χ3n) is 8.03. The fraction of sp³-hybridized carbons (Fsp3) is 0.243. The summed E-state index contributed by atoms with van der Waals surface area (Å²) in [6.45, 7) is 0.0945. The number of esters is 4. The van der Waals surface area contributed by atoms with Crippen LogP contribution < -0.4 is 23.7 Å². The van der Waals surface area contributed by atoms with Crippen LogP contribution in [0, 0.1) is 0 Å². The lowest BCUT2D eigenvalue weighted by Gasteiger charge is -2.17. The second-order valence-corrected chi connectivity index (χ2v) is 11.1. The van der Waals surface area contributed by atoms with Gasteiger partial charge in [0, 0.05) is 0 Å². The molecule has 0 amide bonds. The van der Waals surface area contributed by atoms with Gasteiger partial charge in [-0.25, -0.2) is 19.2 Å². The summed E-state index contributed by atoms with van der Waals surface area (Å²) in [6, 6.07) is 22.9. The van der Waals surface area contributed by atoms with Crippen molar-refractivity contribution in [3.8, 4) is 28.7 Å². The van der Waals surface area contributed by atoms with Crippen molar-refractivity contribution < 1.29 is 61.8 Å². The molecule has 2 fully saturated rings. The van der Waals surface area contributed by atoms with Crippen molar-refractivity contribution in [3.05, 3.63) is 113 Å². The summed E-state index contributed by atoms with van der Waals surface area (Å²) in [6.07, 6.45) is -2.75. The summed E-state index contributed by atoms with van der Waals surface area (Å²) in [5, 5.41) is 0. The Balaban J connectivity index is 0.981. The van der Waals surface area contributed by atoms with Crippen LogP contribution in [0.2, 0.25) is 0 Å². The molecule has 4 aromatic rings. The lowest BCUT2D eigenvalue weighted by atomic mass is 10.1. The van der Waals surface area contributed by atoms with Gasteiger partial charge in [-0.1, -0.05) is 0 Å². The third-order valence-corrected chi connectivity index (χ3v) is 8.03. The first kappa shape index (κ1) is 34.0. The summed E-state index contributed by atoms with van der Waals surface area (Å²) in [5.41, 5.74) is 1.05. The fourth-order valence-electron chi connectivity index (χ4n) is 5.38. The molecule has 2 aliphatic rings. The van der Waals surface area contributed by atoms with Crippen LogP contribution in [0.5, 0.6) is 28.7 Å². The maximum Gasteiger partial charge on any atom is 0.343 e. The SMILES string of the molecule is COc1ccc(C(=O)Oc2ccc(C(=O)O[C@@H]3CO[C@H]4[C@@H]3OC[C@@H]4OC(=O)c3ccc(OC(=O)c4ccc(OC)c(OC)c4)cc3)cc2)cc1. The van der Waals surface area contributed by atoms with Gasteiger partial charge in [0.1, 0.15) is 29.5 Å². The molecule has 2 saturated heterocycles. The van der Waals surface area contributed by atoms with E-state index in [4.69, 9.17) is 42.6 Å². The van der Waals surface area contributed by atoms with Crippen LogP contribution in [-0.2, 0) is 18.9 Å². The molecule has 2 heterocycles. The standard InChI is InChI=1S/C37H32O13/c1-42-25-11-4-21(5-12-25)34(38)47-26-13-6-22(7-14-26)35(39)49-30-19-45-33-31(20-46-32(30)33)50-36(40)23-8-15-27(16-9-23)48-37(41)24-10-17-28(43-2)29(18-24)44-3/h4-18,30-33H,19-20H2,1-3H3/t30-,31+,32-,33-/m1/s1. The van der Waals surface area contributed by atoms with Crippen molar-refractivity contribution in [1.29, 1.82) is 0 Å². The summed E-state index contributed by atoms with van der Waals surface area (Å²) >= 11 is 0. The molecule has 13 heteroatoms. The highest BCUT2D eigenvalue weighted by Gasteiger charge is 2.51. The van der Waals surface area contributed by atoms with Gasteiger partial charge in [0.05, 0.1) is 56.8 Å². The Morgan fingerprint density at radius 1 is 0.480 bits per heavy atom. The molecular formula is C37H32O13. The zero-order valence-electron chi connectivity index (χ0n) is 27.2. The van der Waals surface area contributed by atoms with Crippen LogP contribution in [0.15, 0.2) is 91.0 Å². The monoisotopic (exact) mass is 684 g/mol. The second kappa shape index (κ2) is 15.1. The Labute approximate surface area is 286 Å². The van der Waals surface area contributed by atoms with Crippen LogP contribution >= 0.6 is 0 Å². The molecule has 0 bridgehead atoms. The topological polar surface area (TPSA) is 151 Å². The van der Waals surface area contributed by atoms with Gasteiger partial charge in [0.2, 0.25) is 0 Å². The number of benzene rings is 4. The minimum atomic E-state index is -0.738. The van der Waals surface area contributed by atoms with E-state index in [2.05, 4.69) is 0 Å². The van der Waals surface area contributed by atoms with Gasteiger partial charge in [-0.15, -0.1) is 0 Å². The number of hydrogen-bond donors (Lipinski definition) is 0. The van der Waals surface area contributed by atoms with Gasteiger partial charge in [-0.3, -0.25) is 0 Å². The molecule has 4 aromatic carbocycles. The first-order chi connectivity index (χ1) is 24.3. The Hall–Kier alpha value is -5.92. The van der Waals surface area contributed by atoms with Gasteiger partial charge in [0.15, 0.2) is 23.7 Å². The maximum absolute atomic E-state index is 12.9. The van der Waals surface area contributed by atoms with Crippen molar-refractivity contribution in [2.24, 2.45) is 0 Å². The van der Waals surface area contributed by atoms with Crippen LogP contribution in [0.1, 0.15) is 41.4 Å². The molecule has 0 aliphatic carbocycles. The van der Waals surface area contributed by atoms with Gasteiger partial charge < -0.3 is 42.6 Å². The number of rotatable bonds is 11. The number of carbonyl (C=O) groups excluding carboxylic acids is 4. The highest BCUT2D eigenvalue weighted by Crippen LogP contribution is 2.32. The Bertz CT molecular complexity index is 1850. The molecule has 0 aromatic heterocycles. The minimum absolute atomic E-state index is 0.0460. The Morgan fingerprint density at radius 2 is 0.880 bits per heavy atom. The minimum Gasteiger partial charge on any atom is -0.497 e. The fourth-order valence-corrected chi connectivity index (χ4v) is 5.38. The molecule has 0 radical (unpaired) electrons. The van der Waals surface area contributed by atoms with Gasteiger partial charge in [-0.2, -0.15) is 0 Å². The van der Waals surface area contributed by atoms with E-state index in [9.17, 15) is 19.2 Å². The molecule has 6 rings (SSSR count). The summed E-state index contributed by atoms with van der Waals surface area (Å²) in [5.74, 6) is -0.493. The first-order valence-corrected chi connectivity index (χ1v) is 15.4. The van der Waals surface area contributed by atoms with Crippen LogP contribution in [-0.4, -0.2) is 82.8 Å². The highest BCUT2D eigenvalue weighted by molar-refractivity contribution is 5.93. The van der Waals surface area contributed by atoms with E-state index < -0.39 is 48.3 Å². The Morgan fingerprint density at radius 3 is 1.32 bits per heavy atom. The van der Waals surface area contributed by atoms with Crippen LogP contribution in [0.25, 0.3) is 0 Å². The van der Waals surface area contributed by atoms with E-state index in [-0.39, 0.29) is 41.4 Å². The Kier molecular flexibility index (Phi) is 10.3. The number of ether oxygens (including phenoxy) is 9.